The van der Waals surface area contributed by atoms with Crippen LogP contribution in [0, 0.1) is 0 Å². The molecule has 108 valence electrons. The van der Waals surface area contributed by atoms with E-state index in [-0.39, 0.29) is 0 Å². The van der Waals surface area contributed by atoms with Crippen molar-refractivity contribution in [3.8, 4) is 11.1 Å². The van der Waals surface area contributed by atoms with Crippen LogP contribution in [0.1, 0.15) is 44.8 Å². The zero-order chi connectivity index (χ0) is 14.4. The highest BCUT2D eigenvalue weighted by Crippen LogP contribution is 2.35. The number of halogens is 1. The van der Waals surface area contributed by atoms with Gasteiger partial charge in [0.1, 0.15) is 5.76 Å². The molecule has 2 N–H and O–H groups in total. The van der Waals surface area contributed by atoms with E-state index in [4.69, 9.17) is 10.3 Å². The van der Waals surface area contributed by atoms with Crippen LogP contribution in [0.3, 0.4) is 0 Å². The molecule has 2 rings (SSSR count). The van der Waals surface area contributed by atoms with Crippen LogP contribution in [0.2, 0.25) is 0 Å². The van der Waals surface area contributed by atoms with E-state index < -0.39 is 0 Å². The van der Waals surface area contributed by atoms with Crippen LogP contribution in [-0.2, 0) is 6.42 Å². The fraction of sp³-hybridized carbons (Fsp3) is 0.438. The number of nitrogens with two attached hydrogens (primary N) is 1. The average molecular weight is 337 g/mol. The lowest BCUT2D eigenvalue weighted by atomic mass is 10.0. The van der Waals surface area contributed by atoms with Crippen LogP contribution >= 0.6 is 15.9 Å². The number of hydrogen-bond acceptors (Lipinski definition) is 3. The minimum absolute atomic E-state index is 0.473. The lowest BCUT2D eigenvalue weighted by molar-refractivity contribution is 0.381. The molecule has 2 aromatic rings. The van der Waals surface area contributed by atoms with Crippen LogP contribution in [-0.4, -0.2) is 5.16 Å². The number of aromatic nitrogens is 1. The van der Waals surface area contributed by atoms with Crippen molar-refractivity contribution in [3.63, 3.8) is 0 Å². The molecule has 0 saturated heterocycles. The third-order valence-corrected chi connectivity index (χ3v) is 4.13. The minimum Gasteiger partial charge on any atom is -0.380 e. The van der Waals surface area contributed by atoms with Gasteiger partial charge in [-0.05, 0) is 12.5 Å². The first-order valence-electron chi connectivity index (χ1n) is 7.23. The van der Waals surface area contributed by atoms with E-state index in [1.807, 2.05) is 24.3 Å². The van der Waals surface area contributed by atoms with Crippen molar-refractivity contribution >= 4 is 21.7 Å². The average Bonchev–Trinajstić information content (AvgIpc) is 2.80. The summed E-state index contributed by atoms with van der Waals surface area (Å²) in [7, 11) is 0. The van der Waals surface area contributed by atoms with Crippen LogP contribution in [0.15, 0.2) is 33.3 Å². The van der Waals surface area contributed by atoms with E-state index in [1.54, 1.807) is 0 Å². The third kappa shape index (κ3) is 3.63. The first kappa shape index (κ1) is 15.1. The Bertz CT molecular complexity index is 551. The van der Waals surface area contributed by atoms with Crippen molar-refractivity contribution < 1.29 is 4.52 Å². The summed E-state index contributed by atoms with van der Waals surface area (Å²) in [4.78, 5) is 0. The smallest absolute Gasteiger partial charge is 0.175 e. The predicted octanol–water partition coefficient (Wildman–Crippen LogP) is 5.20. The monoisotopic (exact) mass is 336 g/mol. The van der Waals surface area contributed by atoms with Crippen LogP contribution < -0.4 is 5.73 Å². The molecule has 0 radical (unpaired) electrons. The number of hydrogen-bond donors (Lipinski definition) is 1. The summed E-state index contributed by atoms with van der Waals surface area (Å²) in [6, 6.07) is 8.03. The lowest BCUT2D eigenvalue weighted by Gasteiger charge is -2.05. The fourth-order valence-corrected chi connectivity index (χ4v) is 2.83. The SMILES string of the molecule is CCCCCCCc1onc(N)c1-c1ccccc1Br. The minimum atomic E-state index is 0.473. The van der Waals surface area contributed by atoms with Gasteiger partial charge >= 0.3 is 0 Å². The Hall–Kier alpha value is -1.29. The van der Waals surface area contributed by atoms with Crippen molar-refractivity contribution in [1.29, 1.82) is 0 Å². The number of benzene rings is 1. The fourth-order valence-electron chi connectivity index (χ4n) is 2.35. The highest BCUT2D eigenvalue weighted by Gasteiger charge is 2.17. The van der Waals surface area contributed by atoms with Crippen LogP contribution in [0.4, 0.5) is 5.82 Å². The zero-order valence-electron chi connectivity index (χ0n) is 11.9. The van der Waals surface area contributed by atoms with Crippen molar-refractivity contribution in [2.24, 2.45) is 0 Å². The molecule has 0 unspecified atom stereocenters. The quantitative estimate of drug-likeness (QED) is 0.707. The maximum Gasteiger partial charge on any atom is 0.175 e. The van der Waals surface area contributed by atoms with E-state index in [0.29, 0.717) is 5.82 Å². The Morgan fingerprint density at radius 3 is 2.65 bits per heavy atom. The van der Waals surface area contributed by atoms with Gasteiger partial charge in [-0.1, -0.05) is 71.9 Å². The highest BCUT2D eigenvalue weighted by atomic mass is 79.9. The van der Waals surface area contributed by atoms with Gasteiger partial charge in [0, 0.05) is 16.5 Å². The summed E-state index contributed by atoms with van der Waals surface area (Å²) in [5.41, 5.74) is 7.96. The van der Waals surface area contributed by atoms with Gasteiger partial charge < -0.3 is 10.3 Å². The topological polar surface area (TPSA) is 52.0 Å². The van der Waals surface area contributed by atoms with Gasteiger partial charge in [-0.3, -0.25) is 0 Å². The summed E-state index contributed by atoms with van der Waals surface area (Å²) < 4.78 is 6.43. The molecule has 20 heavy (non-hydrogen) atoms. The van der Waals surface area contributed by atoms with Gasteiger partial charge in [-0.25, -0.2) is 0 Å². The van der Waals surface area contributed by atoms with Gasteiger partial charge in [0.2, 0.25) is 0 Å². The predicted molar refractivity (Wildman–Crippen MR) is 86.5 cm³/mol. The van der Waals surface area contributed by atoms with Crippen LogP contribution in [0.5, 0.6) is 0 Å². The molecule has 0 bridgehead atoms. The molecule has 1 heterocycles. The molecule has 4 heteroatoms. The number of aryl methyl sites for hydroxylation is 1. The molecule has 0 aliphatic heterocycles. The van der Waals surface area contributed by atoms with Gasteiger partial charge in [-0.15, -0.1) is 0 Å². The largest absolute Gasteiger partial charge is 0.380 e. The van der Waals surface area contributed by atoms with Crippen LogP contribution in [0.25, 0.3) is 11.1 Å². The Kier molecular flexibility index (Phi) is 5.65. The second kappa shape index (κ2) is 7.48. The van der Waals surface area contributed by atoms with Crippen molar-refractivity contribution in [1.82, 2.24) is 5.16 Å². The normalized spacial score (nSPS) is 10.9. The molecule has 0 fully saturated rings. The zero-order valence-corrected chi connectivity index (χ0v) is 13.4. The van der Waals surface area contributed by atoms with Crippen molar-refractivity contribution in [2.75, 3.05) is 5.73 Å². The first-order chi connectivity index (χ1) is 9.74. The molecule has 0 aliphatic rings. The second-order valence-electron chi connectivity index (χ2n) is 5.01. The van der Waals surface area contributed by atoms with Gasteiger partial charge in [0.25, 0.3) is 0 Å². The molecule has 0 aliphatic carbocycles. The number of nitrogens with zero attached hydrogens (tertiary/aromatic N) is 1. The molecule has 1 aromatic carbocycles. The number of nitrogen functional groups attached to an aromatic ring is 1. The van der Waals surface area contributed by atoms with E-state index in [0.717, 1.165) is 34.2 Å². The Morgan fingerprint density at radius 1 is 1.15 bits per heavy atom. The summed E-state index contributed by atoms with van der Waals surface area (Å²) >= 11 is 3.56. The van der Waals surface area contributed by atoms with Crippen molar-refractivity contribution in [3.05, 3.63) is 34.5 Å². The molecule has 0 saturated carbocycles. The molecule has 0 amide bonds. The standard InChI is InChI=1S/C16H21BrN2O/c1-2-3-4-5-6-11-14-15(16(18)19-20-14)12-9-7-8-10-13(12)17/h7-10H,2-6,11H2,1H3,(H2,18,19). The Morgan fingerprint density at radius 2 is 1.90 bits per heavy atom. The summed E-state index contributed by atoms with van der Waals surface area (Å²) in [5, 5.41) is 3.93. The summed E-state index contributed by atoms with van der Waals surface area (Å²) in [6.07, 6.45) is 7.08. The Balaban J connectivity index is 2.10. The maximum absolute atomic E-state index is 5.97. The number of unbranched alkanes of at least 4 members (excludes halogenated alkanes) is 4. The van der Waals surface area contributed by atoms with Gasteiger partial charge in [0.15, 0.2) is 5.82 Å². The summed E-state index contributed by atoms with van der Waals surface area (Å²) in [6.45, 7) is 2.22. The number of anilines is 1. The van der Waals surface area contributed by atoms with E-state index >= 15 is 0 Å². The van der Waals surface area contributed by atoms with Crippen molar-refractivity contribution in [2.45, 2.75) is 45.4 Å². The third-order valence-electron chi connectivity index (χ3n) is 3.44. The van der Waals surface area contributed by atoms with E-state index in [2.05, 4.69) is 28.0 Å². The molecular formula is C16H21BrN2O. The number of rotatable bonds is 7. The molecule has 1 aromatic heterocycles. The lowest BCUT2D eigenvalue weighted by Crippen LogP contribution is -1.92. The first-order valence-corrected chi connectivity index (χ1v) is 8.02. The second-order valence-corrected chi connectivity index (χ2v) is 5.86. The maximum atomic E-state index is 5.97. The van der Waals surface area contributed by atoms with Gasteiger partial charge in [0.05, 0.1) is 5.56 Å². The van der Waals surface area contributed by atoms with Gasteiger partial charge in [-0.2, -0.15) is 0 Å². The van der Waals surface area contributed by atoms with E-state index in [1.165, 1.54) is 25.7 Å². The summed E-state index contributed by atoms with van der Waals surface area (Å²) in [5.74, 6) is 1.37. The molecule has 0 atom stereocenters. The molecular weight excluding hydrogens is 316 g/mol. The van der Waals surface area contributed by atoms with E-state index in [9.17, 15) is 0 Å². The highest BCUT2D eigenvalue weighted by molar-refractivity contribution is 9.10. The Labute approximate surface area is 128 Å². The molecule has 3 nitrogen and oxygen atoms in total. The molecule has 0 spiro atoms.